The summed E-state index contributed by atoms with van der Waals surface area (Å²) in [5, 5.41) is 17.1. The fourth-order valence-electron chi connectivity index (χ4n) is 2.83. The van der Waals surface area contributed by atoms with Crippen LogP contribution in [0.2, 0.25) is 0 Å². The quantitative estimate of drug-likeness (QED) is 0.152. The normalized spacial score (nSPS) is 11.9. The average Bonchev–Trinajstić information content (AvgIpc) is 2.86. The van der Waals surface area contributed by atoms with E-state index in [2.05, 4.69) is 35.5 Å². The number of benzene rings is 2. The third-order valence-corrected chi connectivity index (χ3v) is 4.55. The number of ether oxygens (including phenoxy) is 3. The lowest BCUT2D eigenvalue weighted by Gasteiger charge is -2.22. The van der Waals surface area contributed by atoms with Gasteiger partial charge in [-0.3, -0.25) is 10.1 Å². The largest absolute Gasteiger partial charge is 0.493 e. The summed E-state index contributed by atoms with van der Waals surface area (Å²) in [7, 11) is 2.83. The topological polar surface area (TPSA) is 146 Å². The fraction of sp³-hybridized carbons (Fsp3) is 0.238. The Balaban J connectivity index is 1.92. The lowest BCUT2D eigenvalue weighted by molar-refractivity contribution is -0.384. The summed E-state index contributed by atoms with van der Waals surface area (Å²) in [6.45, 7) is 0. The minimum Gasteiger partial charge on any atom is -0.493 e. The van der Waals surface area contributed by atoms with E-state index in [0.717, 1.165) is 12.1 Å². The van der Waals surface area contributed by atoms with Crippen molar-refractivity contribution in [2.24, 2.45) is 5.10 Å². The zero-order valence-corrected chi connectivity index (χ0v) is 19.7. The van der Waals surface area contributed by atoms with Gasteiger partial charge >= 0.3 is 18.4 Å². The monoisotopic (exact) mass is 561 g/mol. The van der Waals surface area contributed by atoms with Crippen molar-refractivity contribution >= 4 is 29.5 Å². The molecule has 0 amide bonds. The van der Waals surface area contributed by atoms with Crippen LogP contribution in [0.4, 0.5) is 49.6 Å². The predicted molar refractivity (Wildman–Crippen MR) is 123 cm³/mol. The van der Waals surface area contributed by atoms with E-state index in [0.29, 0.717) is 17.1 Å². The van der Waals surface area contributed by atoms with Gasteiger partial charge in [0.25, 0.3) is 17.7 Å². The van der Waals surface area contributed by atoms with Gasteiger partial charge in [-0.25, -0.2) is 5.43 Å². The van der Waals surface area contributed by atoms with Crippen molar-refractivity contribution in [3.63, 3.8) is 0 Å². The highest BCUT2D eigenvalue weighted by molar-refractivity contribution is 5.81. The molecule has 0 aliphatic rings. The first-order chi connectivity index (χ1) is 18.3. The van der Waals surface area contributed by atoms with Crippen LogP contribution >= 0.6 is 0 Å². The summed E-state index contributed by atoms with van der Waals surface area (Å²) >= 11 is 0. The number of nitrogens with zero attached hydrogens (tertiary/aromatic N) is 5. The van der Waals surface area contributed by atoms with Gasteiger partial charge in [0.1, 0.15) is 0 Å². The number of rotatable bonds is 10. The van der Waals surface area contributed by atoms with Crippen LogP contribution in [0.25, 0.3) is 0 Å². The molecule has 0 atom stereocenters. The van der Waals surface area contributed by atoms with Crippen molar-refractivity contribution in [1.29, 1.82) is 0 Å². The van der Waals surface area contributed by atoms with E-state index < -0.39 is 41.3 Å². The van der Waals surface area contributed by atoms with E-state index in [1.807, 2.05) is 0 Å². The third kappa shape index (κ3) is 7.79. The molecule has 0 aliphatic carbocycles. The molecule has 0 radical (unpaired) electrons. The molecule has 0 aliphatic heterocycles. The molecular formula is C21H17F6N7O5. The van der Waals surface area contributed by atoms with Crippen molar-refractivity contribution in [2.75, 3.05) is 25.0 Å². The number of nitro groups is 1. The number of hydrazone groups is 1. The number of alkyl halides is 6. The van der Waals surface area contributed by atoms with Crippen molar-refractivity contribution < 1.29 is 45.5 Å². The molecule has 0 saturated carbocycles. The van der Waals surface area contributed by atoms with Gasteiger partial charge in [0.05, 0.1) is 25.4 Å². The standard InChI is InChI=1S/C21H17F6N7O5/c1-37-14-8-3-11(9-15(14)38-2)10-28-33-18-30-17(29-12-4-6-13(7-5-12)34(35)36)31-19(32-18)39-16(20(22,23)24)21(25,26)27/h3-10,16H,1-2H3,(H2,29,30,31,32,33). The molecule has 1 aromatic heterocycles. The van der Waals surface area contributed by atoms with Gasteiger partial charge in [-0.2, -0.15) is 46.4 Å². The van der Waals surface area contributed by atoms with Crippen molar-refractivity contribution in [3.05, 3.63) is 58.1 Å². The number of hydrogen-bond acceptors (Lipinski definition) is 11. The van der Waals surface area contributed by atoms with E-state index in [1.165, 1.54) is 38.6 Å². The smallest absolute Gasteiger partial charge is 0.434 e. The number of aromatic nitrogens is 3. The molecule has 0 fully saturated rings. The Bertz CT molecular complexity index is 1320. The molecule has 2 N–H and O–H groups in total. The van der Waals surface area contributed by atoms with E-state index in [-0.39, 0.29) is 11.4 Å². The number of non-ortho nitro benzene ring substituents is 1. The Labute approximate surface area is 214 Å². The Hall–Kier alpha value is -4.90. The molecule has 0 unspecified atom stereocenters. The van der Waals surface area contributed by atoms with Crippen LogP contribution < -0.4 is 25.0 Å². The van der Waals surface area contributed by atoms with Gasteiger partial charge in [-0.1, -0.05) is 0 Å². The Morgan fingerprint density at radius 3 is 2.10 bits per heavy atom. The number of nitrogens with one attached hydrogen (secondary N) is 2. The second-order valence-electron chi connectivity index (χ2n) is 7.26. The van der Waals surface area contributed by atoms with Gasteiger partial charge in [-0.05, 0) is 35.9 Å². The highest BCUT2D eigenvalue weighted by Crippen LogP contribution is 2.36. The average molecular weight is 561 g/mol. The fourth-order valence-corrected chi connectivity index (χ4v) is 2.83. The maximum absolute atomic E-state index is 13.0. The maximum Gasteiger partial charge on any atom is 0.434 e. The third-order valence-electron chi connectivity index (χ3n) is 4.55. The Morgan fingerprint density at radius 2 is 1.54 bits per heavy atom. The van der Waals surface area contributed by atoms with Gasteiger partial charge in [0, 0.05) is 17.8 Å². The summed E-state index contributed by atoms with van der Waals surface area (Å²) in [5.74, 6) is -0.366. The molecule has 0 saturated heterocycles. The molecule has 12 nitrogen and oxygen atoms in total. The number of hydrogen-bond donors (Lipinski definition) is 2. The molecule has 3 rings (SSSR count). The van der Waals surface area contributed by atoms with Gasteiger partial charge < -0.3 is 19.5 Å². The lowest BCUT2D eigenvalue weighted by Crippen LogP contribution is -2.46. The molecule has 2 aromatic carbocycles. The summed E-state index contributed by atoms with van der Waals surface area (Å²) in [6.07, 6.45) is -14.7. The highest BCUT2D eigenvalue weighted by atomic mass is 19.4. The zero-order valence-electron chi connectivity index (χ0n) is 19.7. The second kappa shape index (κ2) is 11.7. The summed E-state index contributed by atoms with van der Waals surface area (Å²) in [5.41, 5.74) is 2.56. The number of anilines is 3. The predicted octanol–water partition coefficient (Wildman–Crippen LogP) is 4.86. The van der Waals surface area contributed by atoms with Gasteiger partial charge in [0.2, 0.25) is 5.95 Å². The number of nitro benzene ring substituents is 1. The second-order valence-corrected chi connectivity index (χ2v) is 7.26. The summed E-state index contributed by atoms with van der Waals surface area (Å²) in [6, 6.07) is 7.94. The molecule has 0 bridgehead atoms. The maximum atomic E-state index is 13.0. The Kier molecular flexibility index (Phi) is 8.57. The summed E-state index contributed by atoms with van der Waals surface area (Å²) in [4.78, 5) is 20.8. The highest BCUT2D eigenvalue weighted by Gasteiger charge is 2.59. The van der Waals surface area contributed by atoms with Crippen LogP contribution in [0, 0.1) is 10.1 Å². The van der Waals surface area contributed by atoms with Crippen LogP contribution in [0.3, 0.4) is 0 Å². The first-order valence-corrected chi connectivity index (χ1v) is 10.4. The molecule has 208 valence electrons. The molecule has 3 aromatic rings. The van der Waals surface area contributed by atoms with Gasteiger partial charge in [0.15, 0.2) is 11.5 Å². The van der Waals surface area contributed by atoms with E-state index in [4.69, 9.17) is 9.47 Å². The van der Waals surface area contributed by atoms with Crippen LogP contribution in [0.5, 0.6) is 17.5 Å². The molecular weight excluding hydrogens is 544 g/mol. The van der Waals surface area contributed by atoms with Crippen molar-refractivity contribution in [2.45, 2.75) is 18.5 Å². The van der Waals surface area contributed by atoms with Crippen LogP contribution in [-0.2, 0) is 0 Å². The van der Waals surface area contributed by atoms with E-state index in [1.54, 1.807) is 12.1 Å². The van der Waals surface area contributed by atoms with Crippen LogP contribution in [0.1, 0.15) is 5.56 Å². The Morgan fingerprint density at radius 1 is 0.923 bits per heavy atom. The minimum absolute atomic E-state index is 0.112. The SMILES string of the molecule is COc1ccc(C=NNc2nc(Nc3ccc([N+](=O)[O-])cc3)nc(OC(C(F)(F)F)C(F)(F)F)n2)cc1OC. The van der Waals surface area contributed by atoms with Crippen LogP contribution in [0.15, 0.2) is 47.6 Å². The van der Waals surface area contributed by atoms with Crippen LogP contribution in [-0.4, -0.2) is 58.8 Å². The first-order valence-electron chi connectivity index (χ1n) is 10.4. The van der Waals surface area contributed by atoms with Crippen molar-refractivity contribution in [3.8, 4) is 17.5 Å². The molecule has 18 heteroatoms. The first kappa shape index (κ1) is 28.7. The molecule has 39 heavy (non-hydrogen) atoms. The minimum atomic E-state index is -5.84. The van der Waals surface area contributed by atoms with Crippen molar-refractivity contribution in [1.82, 2.24) is 15.0 Å². The molecule has 0 spiro atoms. The lowest BCUT2D eigenvalue weighted by atomic mass is 10.2. The number of halogens is 6. The van der Waals surface area contributed by atoms with Gasteiger partial charge in [-0.15, -0.1) is 0 Å². The zero-order chi connectivity index (χ0) is 28.8. The van der Waals surface area contributed by atoms with E-state index >= 15 is 0 Å². The summed E-state index contributed by atoms with van der Waals surface area (Å²) < 4.78 is 92.4. The number of methoxy groups -OCH3 is 2. The molecule has 1 heterocycles. The van der Waals surface area contributed by atoms with E-state index in [9.17, 15) is 36.5 Å².